The Morgan fingerprint density at radius 3 is 2.75 bits per heavy atom. The molecule has 16 heavy (non-hydrogen) atoms. The van der Waals surface area contributed by atoms with Crippen LogP contribution in [-0.2, 0) is 6.54 Å². The minimum Gasteiger partial charge on any atom is -0.295 e. The molecular formula is C12H18N4. The largest absolute Gasteiger partial charge is 0.295 e. The average molecular weight is 218 g/mol. The highest BCUT2D eigenvalue weighted by Crippen LogP contribution is 2.23. The highest BCUT2D eigenvalue weighted by atomic mass is 15.3. The molecule has 1 aromatic heterocycles. The summed E-state index contributed by atoms with van der Waals surface area (Å²) in [5.74, 6) is 0. The van der Waals surface area contributed by atoms with Gasteiger partial charge in [0.2, 0.25) is 0 Å². The van der Waals surface area contributed by atoms with E-state index in [1.165, 1.54) is 12.8 Å². The Kier molecular flexibility index (Phi) is 2.73. The molecule has 1 aromatic rings. The molecule has 0 aromatic carbocycles. The molecule has 1 unspecified atom stereocenters. The fourth-order valence-electron chi connectivity index (χ4n) is 1.93. The number of hydrogen-bond acceptors (Lipinski definition) is 3. The third-order valence-electron chi connectivity index (χ3n) is 2.92. The lowest BCUT2D eigenvalue weighted by molar-refractivity contribution is 0.363. The predicted octanol–water partition coefficient (Wildman–Crippen LogP) is 1.53. The van der Waals surface area contributed by atoms with E-state index in [0.717, 1.165) is 11.4 Å². The third-order valence-corrected chi connectivity index (χ3v) is 2.92. The SMILES string of the molecule is Cc1cc(C)n(CC(C)(C#N)NC2CC2)n1. The van der Waals surface area contributed by atoms with Gasteiger partial charge in [0.15, 0.2) is 0 Å². The fraction of sp³-hybridized carbons (Fsp3) is 0.667. The van der Waals surface area contributed by atoms with E-state index in [4.69, 9.17) is 0 Å². The van der Waals surface area contributed by atoms with Gasteiger partial charge in [-0.15, -0.1) is 0 Å². The van der Waals surface area contributed by atoms with E-state index in [1.807, 2.05) is 31.5 Å². The van der Waals surface area contributed by atoms with Gasteiger partial charge in [0.25, 0.3) is 0 Å². The summed E-state index contributed by atoms with van der Waals surface area (Å²) in [4.78, 5) is 0. The summed E-state index contributed by atoms with van der Waals surface area (Å²) in [6.45, 7) is 6.55. The molecule has 0 spiro atoms. The van der Waals surface area contributed by atoms with Crippen LogP contribution in [0.15, 0.2) is 6.07 Å². The van der Waals surface area contributed by atoms with Crippen LogP contribution in [0.5, 0.6) is 0 Å². The first-order valence-corrected chi connectivity index (χ1v) is 5.72. The van der Waals surface area contributed by atoms with Crippen molar-refractivity contribution in [2.45, 2.75) is 51.7 Å². The van der Waals surface area contributed by atoms with E-state index >= 15 is 0 Å². The number of rotatable bonds is 4. The summed E-state index contributed by atoms with van der Waals surface area (Å²) in [6.07, 6.45) is 2.38. The zero-order valence-corrected chi connectivity index (χ0v) is 10.1. The maximum Gasteiger partial charge on any atom is 0.123 e. The Bertz CT molecular complexity index is 425. The molecule has 2 rings (SSSR count). The van der Waals surface area contributed by atoms with E-state index in [0.29, 0.717) is 12.6 Å². The van der Waals surface area contributed by atoms with Crippen molar-refractivity contribution in [1.82, 2.24) is 15.1 Å². The molecule has 1 aliphatic rings. The van der Waals surface area contributed by atoms with Crippen molar-refractivity contribution in [3.63, 3.8) is 0 Å². The summed E-state index contributed by atoms with van der Waals surface area (Å²) in [6, 6.07) is 4.93. The average Bonchev–Trinajstić information content (AvgIpc) is 2.94. The maximum absolute atomic E-state index is 9.27. The minimum absolute atomic E-state index is 0.510. The van der Waals surface area contributed by atoms with Crippen LogP contribution >= 0.6 is 0 Å². The Labute approximate surface area is 96.3 Å². The Morgan fingerprint density at radius 1 is 1.62 bits per heavy atom. The molecule has 86 valence electrons. The Hall–Kier alpha value is -1.34. The van der Waals surface area contributed by atoms with Crippen LogP contribution in [0.1, 0.15) is 31.2 Å². The number of nitrogens with one attached hydrogen (secondary N) is 1. The van der Waals surface area contributed by atoms with E-state index in [2.05, 4.69) is 16.5 Å². The number of aryl methyl sites for hydroxylation is 2. The molecule has 1 fully saturated rings. The molecule has 1 heterocycles. The highest BCUT2D eigenvalue weighted by molar-refractivity contribution is 5.11. The van der Waals surface area contributed by atoms with Crippen LogP contribution in [0.3, 0.4) is 0 Å². The minimum atomic E-state index is -0.510. The zero-order chi connectivity index (χ0) is 11.8. The second kappa shape index (κ2) is 3.91. The van der Waals surface area contributed by atoms with E-state index in [-0.39, 0.29) is 0 Å². The van der Waals surface area contributed by atoms with E-state index in [9.17, 15) is 5.26 Å². The number of nitrogens with zero attached hydrogens (tertiary/aromatic N) is 3. The van der Waals surface area contributed by atoms with Gasteiger partial charge in [-0.05, 0) is 39.7 Å². The van der Waals surface area contributed by atoms with Crippen molar-refractivity contribution in [3.05, 3.63) is 17.5 Å². The Balaban J connectivity index is 2.11. The molecule has 0 amide bonds. The van der Waals surface area contributed by atoms with Gasteiger partial charge in [0.05, 0.1) is 18.3 Å². The van der Waals surface area contributed by atoms with Gasteiger partial charge in [-0.1, -0.05) is 0 Å². The zero-order valence-electron chi connectivity index (χ0n) is 10.1. The van der Waals surface area contributed by atoms with Crippen LogP contribution in [0.25, 0.3) is 0 Å². The van der Waals surface area contributed by atoms with Crippen molar-refractivity contribution in [1.29, 1.82) is 5.26 Å². The molecular weight excluding hydrogens is 200 g/mol. The third kappa shape index (κ3) is 2.42. The van der Waals surface area contributed by atoms with Gasteiger partial charge >= 0.3 is 0 Å². The van der Waals surface area contributed by atoms with Gasteiger partial charge in [-0.25, -0.2) is 0 Å². The van der Waals surface area contributed by atoms with Crippen molar-refractivity contribution in [2.24, 2.45) is 0 Å². The molecule has 4 heteroatoms. The molecule has 1 saturated carbocycles. The molecule has 4 nitrogen and oxygen atoms in total. The summed E-state index contributed by atoms with van der Waals surface area (Å²) >= 11 is 0. The molecule has 0 aliphatic heterocycles. The molecule has 0 bridgehead atoms. The summed E-state index contributed by atoms with van der Waals surface area (Å²) in [7, 11) is 0. The van der Waals surface area contributed by atoms with Gasteiger partial charge in [-0.3, -0.25) is 10.00 Å². The molecule has 1 atom stereocenters. The number of nitriles is 1. The lowest BCUT2D eigenvalue weighted by atomic mass is 10.0. The predicted molar refractivity (Wildman–Crippen MR) is 61.9 cm³/mol. The normalized spacial score (nSPS) is 19.1. The summed E-state index contributed by atoms with van der Waals surface area (Å²) in [5.41, 5.74) is 1.60. The number of aromatic nitrogens is 2. The fourth-order valence-corrected chi connectivity index (χ4v) is 1.93. The first kappa shape index (κ1) is 11.2. The first-order valence-electron chi connectivity index (χ1n) is 5.72. The van der Waals surface area contributed by atoms with Gasteiger partial charge in [0.1, 0.15) is 5.54 Å². The quantitative estimate of drug-likeness (QED) is 0.834. The van der Waals surface area contributed by atoms with E-state index < -0.39 is 5.54 Å². The smallest absolute Gasteiger partial charge is 0.123 e. The van der Waals surface area contributed by atoms with Crippen LogP contribution in [-0.4, -0.2) is 21.4 Å². The van der Waals surface area contributed by atoms with Crippen molar-refractivity contribution in [3.8, 4) is 6.07 Å². The van der Waals surface area contributed by atoms with Crippen LogP contribution in [0, 0.1) is 25.2 Å². The first-order chi connectivity index (χ1) is 7.52. The Morgan fingerprint density at radius 2 is 2.31 bits per heavy atom. The van der Waals surface area contributed by atoms with Crippen LogP contribution < -0.4 is 5.32 Å². The maximum atomic E-state index is 9.27. The van der Waals surface area contributed by atoms with Crippen LogP contribution in [0.4, 0.5) is 0 Å². The molecule has 0 saturated heterocycles. The van der Waals surface area contributed by atoms with Crippen molar-refractivity contribution >= 4 is 0 Å². The van der Waals surface area contributed by atoms with Crippen molar-refractivity contribution < 1.29 is 0 Å². The molecule has 0 radical (unpaired) electrons. The molecule has 1 N–H and O–H groups in total. The monoisotopic (exact) mass is 218 g/mol. The van der Waals surface area contributed by atoms with Gasteiger partial charge in [0, 0.05) is 11.7 Å². The van der Waals surface area contributed by atoms with Gasteiger partial charge in [-0.2, -0.15) is 10.4 Å². The topological polar surface area (TPSA) is 53.6 Å². The van der Waals surface area contributed by atoms with Gasteiger partial charge < -0.3 is 0 Å². The standard InChI is InChI=1S/C12H18N4/c1-9-6-10(2)16(15-9)8-12(3,7-13)14-11-4-5-11/h6,11,14H,4-5,8H2,1-3H3. The second-order valence-corrected chi connectivity index (χ2v) is 4.95. The second-order valence-electron chi connectivity index (χ2n) is 4.95. The lowest BCUT2D eigenvalue weighted by Crippen LogP contribution is -2.46. The summed E-state index contributed by atoms with van der Waals surface area (Å²) < 4.78 is 1.91. The summed E-state index contributed by atoms with van der Waals surface area (Å²) in [5, 5.41) is 17.0. The number of hydrogen-bond donors (Lipinski definition) is 1. The molecule has 1 aliphatic carbocycles. The van der Waals surface area contributed by atoms with E-state index in [1.54, 1.807) is 0 Å². The van der Waals surface area contributed by atoms with Crippen LogP contribution in [0.2, 0.25) is 0 Å². The highest BCUT2D eigenvalue weighted by Gasteiger charge is 2.33. The van der Waals surface area contributed by atoms with Crippen molar-refractivity contribution in [2.75, 3.05) is 0 Å². The lowest BCUT2D eigenvalue weighted by Gasteiger charge is -2.23.